The molecule has 0 bridgehead atoms. The number of benzene rings is 1. The molecule has 0 saturated carbocycles. The standard InChI is InChI=1S/C20H21N5O5S/c1-13(2)19-16(11-23-25(19)17-5-3-4-10-22-17)20(27)30-12-18(26)24-14-6-8-15(9-7-14)31(21,28)29/h3-11,13H,12H2,1-2H3,(H,24,26)(H2,21,28,29). The first-order valence-electron chi connectivity index (χ1n) is 9.26. The number of hydrogen-bond acceptors (Lipinski definition) is 7. The van der Waals surface area contributed by atoms with Crippen LogP contribution in [0.25, 0.3) is 5.82 Å². The van der Waals surface area contributed by atoms with E-state index in [0.29, 0.717) is 17.2 Å². The van der Waals surface area contributed by atoms with E-state index in [1.54, 1.807) is 23.0 Å². The highest BCUT2D eigenvalue weighted by Gasteiger charge is 2.23. The van der Waals surface area contributed by atoms with Gasteiger partial charge in [0.25, 0.3) is 5.91 Å². The summed E-state index contributed by atoms with van der Waals surface area (Å²) in [5.41, 5.74) is 1.19. The Morgan fingerprint density at radius 3 is 2.45 bits per heavy atom. The lowest BCUT2D eigenvalue weighted by atomic mass is 10.1. The van der Waals surface area contributed by atoms with Crippen molar-refractivity contribution in [2.24, 2.45) is 5.14 Å². The molecule has 3 rings (SSSR count). The van der Waals surface area contributed by atoms with Gasteiger partial charge in [0.1, 0.15) is 5.56 Å². The highest BCUT2D eigenvalue weighted by molar-refractivity contribution is 7.89. The minimum absolute atomic E-state index is 0.0572. The van der Waals surface area contributed by atoms with Crippen molar-refractivity contribution >= 4 is 27.6 Å². The number of nitrogens with zero attached hydrogens (tertiary/aromatic N) is 3. The molecule has 0 aliphatic rings. The second-order valence-corrected chi connectivity index (χ2v) is 8.45. The van der Waals surface area contributed by atoms with E-state index in [4.69, 9.17) is 9.88 Å². The summed E-state index contributed by atoms with van der Waals surface area (Å²) >= 11 is 0. The van der Waals surface area contributed by atoms with Crippen LogP contribution in [0.3, 0.4) is 0 Å². The van der Waals surface area contributed by atoms with Gasteiger partial charge < -0.3 is 10.1 Å². The van der Waals surface area contributed by atoms with E-state index in [1.807, 2.05) is 19.9 Å². The van der Waals surface area contributed by atoms with Crippen molar-refractivity contribution in [3.05, 3.63) is 66.1 Å². The van der Waals surface area contributed by atoms with Gasteiger partial charge in [-0.1, -0.05) is 19.9 Å². The number of hydrogen-bond donors (Lipinski definition) is 2. The lowest BCUT2D eigenvalue weighted by Gasteiger charge is -2.12. The second kappa shape index (κ2) is 9.06. The Kier molecular flexibility index (Phi) is 6.47. The molecular weight excluding hydrogens is 422 g/mol. The summed E-state index contributed by atoms with van der Waals surface area (Å²) in [6.45, 7) is 3.29. The van der Waals surface area contributed by atoms with Gasteiger partial charge in [0.05, 0.1) is 16.8 Å². The Hall–Kier alpha value is -3.57. The van der Waals surface area contributed by atoms with Crippen LogP contribution in [0.1, 0.15) is 35.8 Å². The normalized spacial score (nSPS) is 11.4. The summed E-state index contributed by atoms with van der Waals surface area (Å²) in [4.78, 5) is 28.8. The Labute approximate surface area is 179 Å². The van der Waals surface area contributed by atoms with Crippen LogP contribution >= 0.6 is 0 Å². The fraction of sp³-hybridized carbons (Fsp3) is 0.200. The molecule has 10 nitrogen and oxygen atoms in total. The number of nitrogens with one attached hydrogen (secondary N) is 1. The van der Waals surface area contributed by atoms with E-state index in [2.05, 4.69) is 15.4 Å². The third-order valence-corrected chi connectivity index (χ3v) is 5.17. The maximum Gasteiger partial charge on any atom is 0.342 e. The molecule has 0 fully saturated rings. The molecule has 0 saturated heterocycles. The molecule has 0 spiro atoms. The summed E-state index contributed by atoms with van der Waals surface area (Å²) < 4.78 is 29.2. The van der Waals surface area contributed by atoms with E-state index in [1.165, 1.54) is 30.5 Å². The van der Waals surface area contributed by atoms with Gasteiger partial charge in [0.15, 0.2) is 12.4 Å². The molecular formula is C20H21N5O5S. The fourth-order valence-electron chi connectivity index (χ4n) is 2.87. The molecule has 1 amide bonds. The van der Waals surface area contributed by atoms with E-state index < -0.39 is 28.5 Å². The molecule has 2 heterocycles. The molecule has 11 heteroatoms. The van der Waals surface area contributed by atoms with Gasteiger partial charge in [0, 0.05) is 11.9 Å². The number of aromatic nitrogens is 3. The van der Waals surface area contributed by atoms with E-state index >= 15 is 0 Å². The lowest BCUT2D eigenvalue weighted by molar-refractivity contribution is -0.119. The van der Waals surface area contributed by atoms with Gasteiger partial charge in [-0.3, -0.25) is 4.79 Å². The summed E-state index contributed by atoms with van der Waals surface area (Å²) in [6, 6.07) is 10.6. The summed E-state index contributed by atoms with van der Waals surface area (Å²) in [5.74, 6) is -0.769. The number of ether oxygens (including phenoxy) is 1. The molecule has 162 valence electrons. The average molecular weight is 443 g/mol. The minimum Gasteiger partial charge on any atom is -0.452 e. The smallest absolute Gasteiger partial charge is 0.342 e. The number of carbonyl (C=O) groups excluding carboxylic acids is 2. The predicted molar refractivity (Wildman–Crippen MR) is 112 cm³/mol. The number of anilines is 1. The molecule has 3 N–H and O–H groups in total. The van der Waals surface area contributed by atoms with Crippen LogP contribution in [0.4, 0.5) is 5.69 Å². The first-order chi connectivity index (χ1) is 14.7. The number of rotatable bonds is 7. The van der Waals surface area contributed by atoms with Gasteiger partial charge in [-0.15, -0.1) is 0 Å². The Morgan fingerprint density at radius 1 is 1.16 bits per heavy atom. The number of carbonyl (C=O) groups is 2. The molecule has 0 aliphatic carbocycles. The molecule has 1 aromatic carbocycles. The number of nitrogens with two attached hydrogens (primary N) is 1. The SMILES string of the molecule is CC(C)c1c(C(=O)OCC(=O)Nc2ccc(S(N)(=O)=O)cc2)cnn1-c1ccccn1. The van der Waals surface area contributed by atoms with Crippen LogP contribution in [0.2, 0.25) is 0 Å². The largest absolute Gasteiger partial charge is 0.452 e. The van der Waals surface area contributed by atoms with Crippen molar-refractivity contribution in [1.29, 1.82) is 0 Å². The monoisotopic (exact) mass is 443 g/mol. The molecule has 0 radical (unpaired) electrons. The zero-order chi connectivity index (χ0) is 22.6. The van der Waals surface area contributed by atoms with E-state index in [9.17, 15) is 18.0 Å². The van der Waals surface area contributed by atoms with Gasteiger partial charge >= 0.3 is 5.97 Å². The van der Waals surface area contributed by atoms with Crippen molar-refractivity contribution in [2.75, 3.05) is 11.9 Å². The molecule has 0 aliphatic heterocycles. The van der Waals surface area contributed by atoms with Gasteiger partial charge in [0.2, 0.25) is 10.0 Å². The van der Waals surface area contributed by atoms with Gasteiger partial charge in [-0.05, 0) is 42.3 Å². The Balaban J connectivity index is 1.67. The molecule has 0 atom stereocenters. The van der Waals surface area contributed by atoms with Crippen molar-refractivity contribution in [3.63, 3.8) is 0 Å². The van der Waals surface area contributed by atoms with E-state index in [0.717, 1.165) is 0 Å². The van der Waals surface area contributed by atoms with Crippen LogP contribution in [-0.2, 0) is 19.6 Å². The Morgan fingerprint density at radius 2 is 1.87 bits per heavy atom. The summed E-state index contributed by atoms with van der Waals surface area (Å²) in [7, 11) is -3.82. The summed E-state index contributed by atoms with van der Waals surface area (Å²) in [6.07, 6.45) is 3.01. The third-order valence-electron chi connectivity index (χ3n) is 4.24. The second-order valence-electron chi connectivity index (χ2n) is 6.89. The zero-order valence-electron chi connectivity index (χ0n) is 16.8. The first-order valence-corrected chi connectivity index (χ1v) is 10.8. The highest BCUT2D eigenvalue weighted by Crippen LogP contribution is 2.23. The molecule has 2 aromatic heterocycles. The average Bonchev–Trinajstić information content (AvgIpc) is 3.18. The fourth-order valence-corrected chi connectivity index (χ4v) is 3.38. The van der Waals surface area contributed by atoms with Crippen LogP contribution < -0.4 is 10.5 Å². The van der Waals surface area contributed by atoms with E-state index in [-0.39, 0.29) is 16.4 Å². The van der Waals surface area contributed by atoms with Crippen molar-refractivity contribution in [1.82, 2.24) is 14.8 Å². The number of amides is 1. The lowest BCUT2D eigenvalue weighted by Crippen LogP contribution is -2.21. The third kappa shape index (κ3) is 5.32. The number of pyridine rings is 1. The zero-order valence-corrected chi connectivity index (χ0v) is 17.7. The van der Waals surface area contributed by atoms with Crippen LogP contribution in [-0.4, -0.2) is 41.7 Å². The van der Waals surface area contributed by atoms with Crippen LogP contribution in [0, 0.1) is 0 Å². The highest BCUT2D eigenvalue weighted by atomic mass is 32.2. The minimum atomic E-state index is -3.82. The molecule has 31 heavy (non-hydrogen) atoms. The van der Waals surface area contributed by atoms with Crippen LogP contribution in [0.15, 0.2) is 59.8 Å². The maximum absolute atomic E-state index is 12.6. The molecule has 0 unspecified atom stereocenters. The number of sulfonamides is 1. The van der Waals surface area contributed by atoms with Crippen molar-refractivity contribution in [2.45, 2.75) is 24.7 Å². The number of esters is 1. The Bertz CT molecular complexity index is 1190. The predicted octanol–water partition coefficient (Wildman–Crippen LogP) is 1.83. The summed E-state index contributed by atoms with van der Waals surface area (Å²) in [5, 5.41) is 11.8. The quantitative estimate of drug-likeness (QED) is 0.530. The number of primary sulfonamides is 1. The topological polar surface area (TPSA) is 146 Å². The maximum atomic E-state index is 12.6. The van der Waals surface area contributed by atoms with Crippen LogP contribution in [0.5, 0.6) is 0 Å². The van der Waals surface area contributed by atoms with Crippen molar-refractivity contribution in [3.8, 4) is 5.82 Å². The molecule has 3 aromatic rings. The first kappa shape index (κ1) is 22.1. The van der Waals surface area contributed by atoms with Crippen molar-refractivity contribution < 1.29 is 22.7 Å². The van der Waals surface area contributed by atoms with Gasteiger partial charge in [-0.2, -0.15) is 5.10 Å². The van der Waals surface area contributed by atoms with Gasteiger partial charge in [-0.25, -0.2) is 28.0 Å².